The molecule has 0 saturated heterocycles. The van der Waals surface area contributed by atoms with E-state index >= 15 is 0 Å². The van der Waals surface area contributed by atoms with Crippen LogP contribution < -0.4 is 17.0 Å². The first-order chi connectivity index (χ1) is 9.54. The Kier molecular flexibility index (Phi) is 4.44. The molecule has 0 unspecified atom stereocenters. The van der Waals surface area contributed by atoms with E-state index in [0.29, 0.717) is 6.54 Å². The van der Waals surface area contributed by atoms with Crippen LogP contribution in [0.1, 0.15) is 18.9 Å². The quantitative estimate of drug-likeness (QED) is 0.924. The zero-order valence-electron chi connectivity index (χ0n) is 11.2. The van der Waals surface area contributed by atoms with Crippen molar-refractivity contribution >= 4 is 21.6 Å². The molecule has 106 valence electrons. The molecule has 0 spiro atoms. The zero-order valence-corrected chi connectivity index (χ0v) is 12.8. The predicted molar refractivity (Wildman–Crippen MR) is 82.9 cm³/mol. The van der Waals surface area contributed by atoms with E-state index in [1.165, 1.54) is 15.3 Å². The molecular formula is C14H16BrN3O2. The fraction of sp³-hybridized carbons (Fsp3) is 0.286. The minimum atomic E-state index is -0.446. The minimum Gasteiger partial charge on any atom is -0.393 e. The number of aromatic nitrogens is 2. The summed E-state index contributed by atoms with van der Waals surface area (Å²) in [6, 6.07) is 7.48. The average molecular weight is 338 g/mol. The van der Waals surface area contributed by atoms with Gasteiger partial charge in [-0.25, -0.2) is 4.79 Å². The largest absolute Gasteiger partial charge is 0.393 e. The van der Waals surface area contributed by atoms with Crippen molar-refractivity contribution in [1.29, 1.82) is 0 Å². The van der Waals surface area contributed by atoms with Gasteiger partial charge in [-0.1, -0.05) is 41.1 Å². The number of nitrogen functional groups attached to an aromatic ring is 1. The first-order valence-electron chi connectivity index (χ1n) is 6.37. The van der Waals surface area contributed by atoms with Crippen molar-refractivity contribution in [1.82, 2.24) is 9.13 Å². The summed E-state index contributed by atoms with van der Waals surface area (Å²) in [4.78, 5) is 24.4. The van der Waals surface area contributed by atoms with Crippen LogP contribution >= 0.6 is 15.9 Å². The summed E-state index contributed by atoms with van der Waals surface area (Å²) in [5.74, 6) is 0. The Balaban J connectivity index is 2.54. The van der Waals surface area contributed by atoms with Crippen LogP contribution in [-0.4, -0.2) is 9.13 Å². The van der Waals surface area contributed by atoms with Gasteiger partial charge in [-0.3, -0.25) is 13.9 Å². The third-order valence-corrected chi connectivity index (χ3v) is 3.79. The van der Waals surface area contributed by atoms with Crippen molar-refractivity contribution in [2.24, 2.45) is 0 Å². The van der Waals surface area contributed by atoms with Gasteiger partial charge in [0.2, 0.25) is 0 Å². The second kappa shape index (κ2) is 6.09. The highest BCUT2D eigenvalue weighted by atomic mass is 79.9. The molecule has 0 aliphatic rings. The van der Waals surface area contributed by atoms with Gasteiger partial charge in [0.25, 0.3) is 5.56 Å². The second-order valence-electron chi connectivity index (χ2n) is 4.54. The second-order valence-corrected chi connectivity index (χ2v) is 5.40. The molecule has 2 aromatic rings. The smallest absolute Gasteiger partial charge is 0.331 e. The molecule has 0 bridgehead atoms. The SMILES string of the molecule is CCCn1cc(N)c(=O)n(Cc2ccccc2Br)c1=O. The Morgan fingerprint density at radius 1 is 1.25 bits per heavy atom. The van der Waals surface area contributed by atoms with Crippen LogP contribution in [0.4, 0.5) is 5.69 Å². The molecule has 0 saturated carbocycles. The standard InChI is InChI=1S/C14H16BrN3O2/c1-2-7-17-9-12(16)13(19)18(14(17)20)8-10-5-3-4-6-11(10)15/h3-6,9H,2,7-8,16H2,1H3. The van der Waals surface area contributed by atoms with Crippen molar-refractivity contribution in [2.75, 3.05) is 5.73 Å². The number of halogens is 1. The summed E-state index contributed by atoms with van der Waals surface area (Å²) in [7, 11) is 0. The normalized spacial score (nSPS) is 10.7. The molecule has 0 amide bonds. The van der Waals surface area contributed by atoms with Gasteiger partial charge in [0.15, 0.2) is 0 Å². The number of hydrogen-bond acceptors (Lipinski definition) is 3. The summed E-state index contributed by atoms with van der Waals surface area (Å²) in [6.07, 6.45) is 2.22. The number of hydrogen-bond donors (Lipinski definition) is 1. The molecule has 0 fully saturated rings. The molecule has 1 aromatic carbocycles. The minimum absolute atomic E-state index is 0.0881. The highest BCUT2D eigenvalue weighted by molar-refractivity contribution is 9.10. The number of benzene rings is 1. The van der Waals surface area contributed by atoms with E-state index in [4.69, 9.17) is 5.73 Å². The number of rotatable bonds is 4. The molecule has 20 heavy (non-hydrogen) atoms. The van der Waals surface area contributed by atoms with E-state index < -0.39 is 5.56 Å². The van der Waals surface area contributed by atoms with Gasteiger partial charge in [0, 0.05) is 17.2 Å². The highest BCUT2D eigenvalue weighted by Crippen LogP contribution is 2.16. The van der Waals surface area contributed by atoms with Gasteiger partial charge < -0.3 is 5.73 Å². The zero-order chi connectivity index (χ0) is 14.7. The van der Waals surface area contributed by atoms with E-state index in [-0.39, 0.29) is 17.9 Å². The Morgan fingerprint density at radius 3 is 2.60 bits per heavy atom. The predicted octanol–water partition coefficient (Wildman–Crippen LogP) is 1.81. The maximum Gasteiger partial charge on any atom is 0.331 e. The molecule has 1 heterocycles. The molecule has 6 heteroatoms. The molecule has 0 atom stereocenters. The molecule has 0 aliphatic heterocycles. The van der Waals surface area contributed by atoms with Crippen molar-refractivity contribution < 1.29 is 0 Å². The van der Waals surface area contributed by atoms with Gasteiger partial charge in [0.05, 0.1) is 6.54 Å². The topological polar surface area (TPSA) is 70.0 Å². The van der Waals surface area contributed by atoms with Crippen LogP contribution in [0, 0.1) is 0 Å². The molecule has 0 aliphatic carbocycles. The Morgan fingerprint density at radius 2 is 1.95 bits per heavy atom. The van der Waals surface area contributed by atoms with Gasteiger partial charge >= 0.3 is 5.69 Å². The van der Waals surface area contributed by atoms with Gasteiger partial charge in [-0.15, -0.1) is 0 Å². The summed E-state index contributed by atoms with van der Waals surface area (Å²) < 4.78 is 3.51. The summed E-state index contributed by atoms with van der Waals surface area (Å²) in [5, 5.41) is 0. The van der Waals surface area contributed by atoms with Crippen LogP contribution in [0.5, 0.6) is 0 Å². The molecule has 5 nitrogen and oxygen atoms in total. The Hall–Kier alpha value is -1.82. The lowest BCUT2D eigenvalue weighted by molar-refractivity contribution is 0.573. The molecule has 2 rings (SSSR count). The van der Waals surface area contributed by atoms with Crippen molar-refractivity contribution in [3.05, 3.63) is 61.3 Å². The van der Waals surface area contributed by atoms with Crippen LogP contribution in [0.3, 0.4) is 0 Å². The van der Waals surface area contributed by atoms with E-state index in [2.05, 4.69) is 15.9 Å². The van der Waals surface area contributed by atoms with E-state index in [1.54, 1.807) is 0 Å². The third-order valence-electron chi connectivity index (χ3n) is 3.01. The highest BCUT2D eigenvalue weighted by Gasteiger charge is 2.10. The molecular weight excluding hydrogens is 322 g/mol. The van der Waals surface area contributed by atoms with Gasteiger partial charge in [-0.2, -0.15) is 0 Å². The van der Waals surface area contributed by atoms with Crippen molar-refractivity contribution in [2.45, 2.75) is 26.4 Å². The maximum atomic E-state index is 12.3. The van der Waals surface area contributed by atoms with E-state index in [1.807, 2.05) is 31.2 Å². The third kappa shape index (κ3) is 2.85. The van der Waals surface area contributed by atoms with Crippen molar-refractivity contribution in [3.63, 3.8) is 0 Å². The Bertz CT molecular complexity index is 734. The first kappa shape index (κ1) is 14.6. The fourth-order valence-electron chi connectivity index (χ4n) is 2.01. The van der Waals surface area contributed by atoms with Crippen LogP contribution in [0.15, 0.2) is 44.5 Å². The van der Waals surface area contributed by atoms with E-state index in [9.17, 15) is 9.59 Å². The molecule has 0 radical (unpaired) electrons. The lowest BCUT2D eigenvalue weighted by Crippen LogP contribution is -2.41. The lowest BCUT2D eigenvalue weighted by atomic mass is 10.2. The monoisotopic (exact) mass is 337 g/mol. The van der Waals surface area contributed by atoms with E-state index in [0.717, 1.165) is 16.5 Å². The maximum absolute atomic E-state index is 12.3. The summed E-state index contributed by atoms with van der Waals surface area (Å²) in [6.45, 7) is 2.71. The summed E-state index contributed by atoms with van der Waals surface area (Å²) >= 11 is 3.42. The molecule has 2 N–H and O–H groups in total. The van der Waals surface area contributed by atoms with Gasteiger partial charge in [0.1, 0.15) is 5.69 Å². The van der Waals surface area contributed by atoms with Crippen LogP contribution in [0.25, 0.3) is 0 Å². The number of aryl methyl sites for hydroxylation is 1. The van der Waals surface area contributed by atoms with Gasteiger partial charge in [-0.05, 0) is 18.1 Å². The molecule has 1 aromatic heterocycles. The average Bonchev–Trinajstić information content (AvgIpc) is 2.43. The fourth-order valence-corrected chi connectivity index (χ4v) is 2.42. The summed E-state index contributed by atoms with van der Waals surface area (Å²) in [5.41, 5.74) is 5.88. The van der Waals surface area contributed by atoms with Crippen LogP contribution in [0.2, 0.25) is 0 Å². The first-order valence-corrected chi connectivity index (χ1v) is 7.17. The van der Waals surface area contributed by atoms with Crippen LogP contribution in [-0.2, 0) is 13.1 Å². The Labute approximate surface area is 124 Å². The van der Waals surface area contributed by atoms with Crippen molar-refractivity contribution in [3.8, 4) is 0 Å². The lowest BCUT2D eigenvalue weighted by Gasteiger charge is -2.11. The number of nitrogens with two attached hydrogens (primary N) is 1. The number of nitrogens with zero attached hydrogens (tertiary/aromatic N) is 2. The number of anilines is 1.